The molecule has 0 radical (unpaired) electrons. The monoisotopic (exact) mass is 329 g/mol. The fourth-order valence-corrected chi connectivity index (χ4v) is 2.53. The molecule has 0 aliphatic rings. The molecule has 1 unspecified atom stereocenters. The first kappa shape index (κ1) is 16.4. The maximum absolute atomic E-state index is 5.93. The van der Waals surface area contributed by atoms with Crippen LogP contribution in [-0.4, -0.2) is 57.7 Å². The van der Waals surface area contributed by atoms with Crippen LogP contribution in [0.15, 0.2) is 22.7 Å². The van der Waals surface area contributed by atoms with Crippen molar-refractivity contribution in [3.63, 3.8) is 0 Å². The molecule has 1 aromatic carbocycles. The second-order valence-electron chi connectivity index (χ2n) is 4.93. The van der Waals surface area contributed by atoms with E-state index >= 15 is 0 Å². The SMILES string of the molecule is COc1ccc(C(CN)N(C)CCN(C)C)cc1Br. The zero-order valence-corrected chi connectivity index (χ0v) is 13.8. The van der Waals surface area contributed by atoms with E-state index in [0.717, 1.165) is 23.3 Å². The lowest BCUT2D eigenvalue weighted by molar-refractivity contribution is 0.222. The number of methoxy groups -OCH3 is 1. The Morgan fingerprint density at radius 3 is 2.42 bits per heavy atom. The van der Waals surface area contributed by atoms with E-state index in [0.29, 0.717) is 6.54 Å². The van der Waals surface area contributed by atoms with Gasteiger partial charge in [-0.15, -0.1) is 0 Å². The molecule has 0 bridgehead atoms. The smallest absolute Gasteiger partial charge is 0.133 e. The lowest BCUT2D eigenvalue weighted by Gasteiger charge is -2.28. The largest absolute Gasteiger partial charge is 0.496 e. The van der Waals surface area contributed by atoms with Crippen molar-refractivity contribution < 1.29 is 4.74 Å². The van der Waals surface area contributed by atoms with Gasteiger partial charge in [0.05, 0.1) is 11.6 Å². The highest BCUT2D eigenvalue weighted by molar-refractivity contribution is 9.10. The van der Waals surface area contributed by atoms with E-state index in [1.165, 1.54) is 5.56 Å². The van der Waals surface area contributed by atoms with E-state index in [1.807, 2.05) is 6.07 Å². The molecule has 4 nitrogen and oxygen atoms in total. The summed E-state index contributed by atoms with van der Waals surface area (Å²) in [6, 6.07) is 6.36. The van der Waals surface area contributed by atoms with Gasteiger partial charge in [-0.3, -0.25) is 4.90 Å². The van der Waals surface area contributed by atoms with Crippen LogP contribution in [0.2, 0.25) is 0 Å². The fourth-order valence-electron chi connectivity index (χ4n) is 1.97. The van der Waals surface area contributed by atoms with Crippen molar-refractivity contribution in [3.8, 4) is 5.75 Å². The molecule has 5 heteroatoms. The summed E-state index contributed by atoms with van der Waals surface area (Å²) in [4.78, 5) is 4.46. The van der Waals surface area contributed by atoms with Crippen molar-refractivity contribution in [2.45, 2.75) is 6.04 Å². The van der Waals surface area contributed by atoms with Crippen LogP contribution in [0.5, 0.6) is 5.75 Å². The van der Waals surface area contributed by atoms with Gasteiger partial charge in [0.25, 0.3) is 0 Å². The number of rotatable bonds is 7. The lowest BCUT2D eigenvalue weighted by atomic mass is 10.1. The predicted octanol–water partition coefficient (Wildman–Crippen LogP) is 1.95. The Bertz CT molecular complexity index is 398. The number of nitrogens with two attached hydrogens (primary N) is 1. The Hall–Kier alpha value is -0.620. The van der Waals surface area contributed by atoms with Gasteiger partial charge in [-0.25, -0.2) is 0 Å². The summed E-state index contributed by atoms with van der Waals surface area (Å²) in [5, 5.41) is 0. The van der Waals surface area contributed by atoms with Gasteiger partial charge >= 0.3 is 0 Å². The van der Waals surface area contributed by atoms with E-state index in [2.05, 4.69) is 59.0 Å². The molecule has 0 amide bonds. The second-order valence-corrected chi connectivity index (χ2v) is 5.78. The third kappa shape index (κ3) is 4.76. The first-order valence-corrected chi connectivity index (χ1v) is 7.17. The summed E-state index contributed by atoms with van der Waals surface area (Å²) < 4.78 is 6.22. The summed E-state index contributed by atoms with van der Waals surface area (Å²) in [7, 11) is 7.94. The number of nitrogens with zero attached hydrogens (tertiary/aromatic N) is 2. The van der Waals surface area contributed by atoms with Gasteiger partial charge < -0.3 is 15.4 Å². The van der Waals surface area contributed by atoms with Crippen LogP contribution < -0.4 is 10.5 Å². The number of halogens is 1. The van der Waals surface area contributed by atoms with Crippen molar-refractivity contribution in [2.75, 3.05) is 47.9 Å². The maximum atomic E-state index is 5.93. The van der Waals surface area contributed by atoms with E-state index in [9.17, 15) is 0 Å². The molecular weight excluding hydrogens is 306 g/mol. The molecule has 0 fully saturated rings. The van der Waals surface area contributed by atoms with Crippen molar-refractivity contribution in [3.05, 3.63) is 28.2 Å². The Labute approximate surface area is 124 Å². The zero-order chi connectivity index (χ0) is 14.4. The minimum atomic E-state index is 0.224. The normalized spacial score (nSPS) is 13.1. The molecule has 1 rings (SSSR count). The van der Waals surface area contributed by atoms with E-state index in [1.54, 1.807) is 7.11 Å². The van der Waals surface area contributed by atoms with Crippen LogP contribution >= 0.6 is 15.9 Å². The van der Waals surface area contributed by atoms with E-state index in [-0.39, 0.29) is 6.04 Å². The number of likely N-dealkylation sites (N-methyl/N-ethyl adjacent to an activating group) is 2. The number of ether oxygens (including phenoxy) is 1. The van der Waals surface area contributed by atoms with Crippen LogP contribution in [0.4, 0.5) is 0 Å². The van der Waals surface area contributed by atoms with Gasteiger partial charge in [0.2, 0.25) is 0 Å². The summed E-state index contributed by atoms with van der Waals surface area (Å²) in [6.07, 6.45) is 0. The quantitative estimate of drug-likeness (QED) is 0.830. The van der Waals surface area contributed by atoms with Crippen molar-refractivity contribution in [1.82, 2.24) is 9.80 Å². The Morgan fingerprint density at radius 2 is 1.95 bits per heavy atom. The van der Waals surface area contributed by atoms with Crippen LogP contribution in [0.25, 0.3) is 0 Å². The van der Waals surface area contributed by atoms with Crippen LogP contribution in [0, 0.1) is 0 Å². The molecule has 1 aromatic rings. The number of hydrogen-bond donors (Lipinski definition) is 1. The van der Waals surface area contributed by atoms with Crippen molar-refractivity contribution in [2.24, 2.45) is 5.73 Å². The molecule has 2 N–H and O–H groups in total. The first-order valence-electron chi connectivity index (χ1n) is 6.38. The summed E-state index contributed by atoms with van der Waals surface area (Å²) in [6.45, 7) is 2.60. The van der Waals surface area contributed by atoms with Gasteiger partial charge in [0.1, 0.15) is 5.75 Å². The highest BCUT2D eigenvalue weighted by Gasteiger charge is 2.16. The average Bonchev–Trinajstić information content (AvgIpc) is 2.37. The Morgan fingerprint density at radius 1 is 1.26 bits per heavy atom. The molecule has 0 saturated carbocycles. The fraction of sp³-hybridized carbons (Fsp3) is 0.571. The van der Waals surface area contributed by atoms with Crippen LogP contribution in [0.1, 0.15) is 11.6 Å². The standard InChI is InChI=1S/C14H24BrN3O/c1-17(2)7-8-18(3)13(10-16)11-5-6-14(19-4)12(15)9-11/h5-6,9,13H,7-8,10,16H2,1-4H3. The molecule has 1 atom stereocenters. The minimum Gasteiger partial charge on any atom is -0.496 e. The zero-order valence-electron chi connectivity index (χ0n) is 12.2. The molecule has 0 aliphatic carbocycles. The third-order valence-corrected chi connectivity index (χ3v) is 3.84. The molecule has 19 heavy (non-hydrogen) atoms. The average molecular weight is 330 g/mol. The summed E-state index contributed by atoms with van der Waals surface area (Å²) >= 11 is 3.52. The number of benzene rings is 1. The predicted molar refractivity (Wildman–Crippen MR) is 83.7 cm³/mol. The van der Waals surface area contributed by atoms with Crippen LogP contribution in [-0.2, 0) is 0 Å². The summed E-state index contributed by atoms with van der Waals surface area (Å²) in [5.41, 5.74) is 7.14. The third-order valence-electron chi connectivity index (χ3n) is 3.22. The van der Waals surface area contributed by atoms with Gasteiger partial charge in [-0.1, -0.05) is 6.07 Å². The second kappa shape index (κ2) is 7.85. The van der Waals surface area contributed by atoms with E-state index < -0.39 is 0 Å². The molecule has 0 heterocycles. The van der Waals surface area contributed by atoms with E-state index in [4.69, 9.17) is 10.5 Å². The number of hydrogen-bond acceptors (Lipinski definition) is 4. The topological polar surface area (TPSA) is 41.7 Å². The van der Waals surface area contributed by atoms with Gasteiger partial charge in [0.15, 0.2) is 0 Å². The molecule has 0 aliphatic heterocycles. The van der Waals surface area contributed by atoms with Crippen molar-refractivity contribution >= 4 is 15.9 Å². The first-order chi connectivity index (χ1) is 8.99. The summed E-state index contributed by atoms with van der Waals surface area (Å²) in [5.74, 6) is 0.843. The molecule has 0 aromatic heterocycles. The molecule has 0 spiro atoms. The van der Waals surface area contributed by atoms with Gasteiger partial charge in [0, 0.05) is 25.7 Å². The Balaban J connectivity index is 2.81. The maximum Gasteiger partial charge on any atom is 0.133 e. The van der Waals surface area contributed by atoms with Crippen molar-refractivity contribution in [1.29, 1.82) is 0 Å². The van der Waals surface area contributed by atoms with Crippen LogP contribution in [0.3, 0.4) is 0 Å². The minimum absolute atomic E-state index is 0.224. The molecule has 108 valence electrons. The highest BCUT2D eigenvalue weighted by Crippen LogP contribution is 2.29. The molecule has 0 saturated heterocycles. The molecular formula is C14H24BrN3O. The van der Waals surface area contributed by atoms with Gasteiger partial charge in [-0.2, -0.15) is 0 Å². The lowest BCUT2D eigenvalue weighted by Crippen LogP contribution is -2.35. The highest BCUT2D eigenvalue weighted by atomic mass is 79.9. The van der Waals surface area contributed by atoms with Gasteiger partial charge in [-0.05, 0) is 54.8 Å². The Kier molecular flexibility index (Phi) is 6.79.